The fourth-order valence-corrected chi connectivity index (χ4v) is 5.97. The minimum atomic E-state index is -3.81. The quantitative estimate of drug-likeness (QED) is 0.565. The van der Waals surface area contributed by atoms with Crippen molar-refractivity contribution in [2.45, 2.75) is 36.7 Å². The molecule has 2 heterocycles. The van der Waals surface area contributed by atoms with Gasteiger partial charge in [-0.05, 0) is 61.4 Å². The van der Waals surface area contributed by atoms with Gasteiger partial charge in [0.1, 0.15) is 0 Å². The first-order valence-corrected chi connectivity index (χ1v) is 11.7. The van der Waals surface area contributed by atoms with E-state index in [1.165, 1.54) is 0 Å². The highest BCUT2D eigenvalue weighted by Gasteiger charge is 2.48. The van der Waals surface area contributed by atoms with Crippen molar-refractivity contribution in [3.63, 3.8) is 0 Å². The number of aromatic nitrogens is 1. The zero-order valence-electron chi connectivity index (χ0n) is 16.9. The summed E-state index contributed by atoms with van der Waals surface area (Å²) in [4.78, 5) is 4.35. The molecule has 0 amide bonds. The zero-order chi connectivity index (χ0) is 21.3. The molecule has 0 N–H and O–H groups in total. The van der Waals surface area contributed by atoms with E-state index in [9.17, 15) is 8.42 Å². The Morgan fingerprint density at radius 1 is 0.933 bits per heavy atom. The first kappa shape index (κ1) is 21.0. The Kier molecular flexibility index (Phi) is 5.93. The molecule has 0 spiro atoms. The fourth-order valence-electron chi connectivity index (χ4n) is 4.04. The smallest absolute Gasteiger partial charge is 0.256 e. The fraction of sp³-hybridized carbons (Fsp3) is 0.261. The number of rotatable bonds is 5. The topological polar surface area (TPSA) is 53.5 Å². The van der Waals surface area contributed by atoms with E-state index < -0.39 is 10.0 Å². The van der Waals surface area contributed by atoms with E-state index in [1.807, 2.05) is 49.2 Å². The third-order valence-corrected chi connectivity index (χ3v) is 7.53. The van der Waals surface area contributed by atoms with Crippen molar-refractivity contribution >= 4 is 21.6 Å². The molecule has 0 bridgehead atoms. The summed E-state index contributed by atoms with van der Waals surface area (Å²) in [6.45, 7) is 4.63. The van der Waals surface area contributed by atoms with Crippen molar-refractivity contribution in [3.05, 3.63) is 95.3 Å². The molecule has 1 saturated heterocycles. The van der Waals surface area contributed by atoms with Gasteiger partial charge in [0.15, 0.2) is 0 Å². The molecule has 1 aromatic heterocycles. The maximum atomic E-state index is 13.8. The Labute approximate surface area is 183 Å². The summed E-state index contributed by atoms with van der Waals surface area (Å²) in [6.07, 6.45) is 3.42. The van der Waals surface area contributed by atoms with Crippen molar-refractivity contribution in [2.75, 3.05) is 6.54 Å². The number of benzene rings is 2. The summed E-state index contributed by atoms with van der Waals surface area (Å²) in [5.41, 5.74) is 2.03. The van der Waals surface area contributed by atoms with Crippen LogP contribution >= 0.6 is 11.6 Å². The molecule has 2 atom stereocenters. The van der Waals surface area contributed by atoms with E-state index in [1.54, 1.807) is 41.1 Å². The van der Waals surface area contributed by atoms with Crippen LogP contribution in [-0.2, 0) is 10.0 Å². The highest BCUT2D eigenvalue weighted by molar-refractivity contribution is 7.89. The van der Waals surface area contributed by atoms with E-state index in [-0.39, 0.29) is 22.9 Å². The number of sulfonamides is 1. The standard InChI is InChI=1S/C23H24ClN3O2S/c1-17(2)26-16-22(18-6-4-3-5-7-18)23(19-12-14-25-15-13-19)27(26)30(28,29)21-10-8-20(24)9-11-21/h3-15,17,22-23H,16H2,1-2H3. The van der Waals surface area contributed by atoms with Gasteiger partial charge in [-0.3, -0.25) is 4.98 Å². The van der Waals surface area contributed by atoms with Crippen LogP contribution < -0.4 is 0 Å². The monoisotopic (exact) mass is 441 g/mol. The van der Waals surface area contributed by atoms with E-state index in [0.29, 0.717) is 11.6 Å². The second-order valence-electron chi connectivity index (χ2n) is 7.69. The van der Waals surface area contributed by atoms with Crippen molar-refractivity contribution < 1.29 is 8.42 Å². The molecule has 0 aliphatic carbocycles. The minimum Gasteiger partial charge on any atom is -0.265 e. The molecule has 1 fully saturated rings. The van der Waals surface area contributed by atoms with Gasteiger partial charge >= 0.3 is 0 Å². The second kappa shape index (κ2) is 8.47. The lowest BCUT2D eigenvalue weighted by molar-refractivity contribution is 0.0568. The lowest BCUT2D eigenvalue weighted by Gasteiger charge is -2.34. The van der Waals surface area contributed by atoms with Crippen LogP contribution in [0, 0.1) is 0 Å². The van der Waals surface area contributed by atoms with Crippen LogP contribution in [-0.4, -0.2) is 35.4 Å². The lowest BCUT2D eigenvalue weighted by atomic mass is 9.89. The molecule has 1 aliphatic heterocycles. The van der Waals surface area contributed by atoms with Crippen LogP contribution in [0.25, 0.3) is 0 Å². The average molecular weight is 442 g/mol. The van der Waals surface area contributed by atoms with Crippen molar-refractivity contribution in [2.24, 2.45) is 0 Å². The van der Waals surface area contributed by atoms with Crippen LogP contribution in [0.15, 0.2) is 84.0 Å². The van der Waals surface area contributed by atoms with Crippen LogP contribution in [0.4, 0.5) is 0 Å². The van der Waals surface area contributed by atoms with Gasteiger partial charge in [-0.25, -0.2) is 13.4 Å². The predicted molar refractivity (Wildman–Crippen MR) is 118 cm³/mol. The predicted octanol–water partition coefficient (Wildman–Crippen LogP) is 4.89. The molecule has 2 aromatic carbocycles. The molecule has 5 nitrogen and oxygen atoms in total. The highest BCUT2D eigenvalue weighted by atomic mass is 35.5. The molecule has 156 valence electrons. The summed E-state index contributed by atoms with van der Waals surface area (Å²) < 4.78 is 29.3. The number of nitrogens with zero attached hydrogens (tertiary/aromatic N) is 3. The number of hydrazine groups is 1. The van der Waals surface area contributed by atoms with Gasteiger partial charge in [0.25, 0.3) is 10.0 Å². The van der Waals surface area contributed by atoms with Gasteiger partial charge in [0, 0.05) is 35.9 Å². The molecule has 1 aliphatic rings. The van der Waals surface area contributed by atoms with E-state index >= 15 is 0 Å². The summed E-state index contributed by atoms with van der Waals surface area (Å²) in [7, 11) is -3.81. The molecule has 3 aromatic rings. The van der Waals surface area contributed by atoms with Gasteiger partial charge in [0.2, 0.25) is 0 Å². The third kappa shape index (κ3) is 3.88. The highest BCUT2D eigenvalue weighted by Crippen LogP contribution is 2.46. The van der Waals surface area contributed by atoms with Gasteiger partial charge in [-0.2, -0.15) is 0 Å². The van der Waals surface area contributed by atoms with Gasteiger partial charge in [-0.15, -0.1) is 4.41 Å². The van der Waals surface area contributed by atoms with Crippen molar-refractivity contribution in [3.8, 4) is 0 Å². The third-order valence-electron chi connectivity index (χ3n) is 5.49. The van der Waals surface area contributed by atoms with E-state index in [4.69, 9.17) is 11.6 Å². The minimum absolute atomic E-state index is 0.00475. The Bertz CT molecular complexity index is 1090. The molecule has 0 saturated carbocycles. The molecular formula is C23H24ClN3O2S. The number of halogens is 1. The summed E-state index contributed by atoms with van der Waals surface area (Å²) in [6, 6.07) is 19.9. The zero-order valence-corrected chi connectivity index (χ0v) is 18.5. The number of hydrogen-bond acceptors (Lipinski definition) is 4. The second-order valence-corrected chi connectivity index (χ2v) is 9.92. The van der Waals surface area contributed by atoms with E-state index in [2.05, 4.69) is 17.1 Å². The molecule has 4 rings (SSSR count). The van der Waals surface area contributed by atoms with Crippen LogP contribution in [0.3, 0.4) is 0 Å². The summed E-state index contributed by atoms with van der Waals surface area (Å²) >= 11 is 6.00. The normalized spacial score (nSPS) is 20.7. The lowest BCUT2D eigenvalue weighted by Crippen LogP contribution is -2.45. The maximum Gasteiger partial charge on any atom is 0.256 e. The number of hydrogen-bond donors (Lipinski definition) is 0. The summed E-state index contributed by atoms with van der Waals surface area (Å²) in [5.74, 6) is -0.0157. The Morgan fingerprint density at radius 3 is 2.17 bits per heavy atom. The van der Waals surface area contributed by atoms with E-state index in [0.717, 1.165) is 11.1 Å². The average Bonchev–Trinajstić information content (AvgIpc) is 3.17. The van der Waals surface area contributed by atoms with Gasteiger partial charge in [0.05, 0.1) is 10.9 Å². The molecule has 7 heteroatoms. The molecule has 30 heavy (non-hydrogen) atoms. The molecular weight excluding hydrogens is 418 g/mol. The van der Waals surface area contributed by atoms with Crippen LogP contribution in [0.5, 0.6) is 0 Å². The summed E-state index contributed by atoms with van der Waals surface area (Å²) in [5, 5.41) is 2.45. The van der Waals surface area contributed by atoms with Crippen molar-refractivity contribution in [1.82, 2.24) is 14.4 Å². The number of pyridine rings is 1. The van der Waals surface area contributed by atoms with Crippen LogP contribution in [0.2, 0.25) is 5.02 Å². The Morgan fingerprint density at radius 2 is 1.57 bits per heavy atom. The first-order valence-electron chi connectivity index (χ1n) is 9.91. The molecule has 0 radical (unpaired) electrons. The SMILES string of the molecule is CC(C)N1CC(c2ccccc2)C(c2ccncc2)N1S(=O)(=O)c1ccc(Cl)cc1. The Balaban J connectivity index is 1.89. The van der Waals surface area contributed by atoms with Crippen LogP contribution in [0.1, 0.15) is 36.9 Å². The largest absolute Gasteiger partial charge is 0.265 e. The maximum absolute atomic E-state index is 13.8. The van der Waals surface area contributed by atoms with Crippen molar-refractivity contribution in [1.29, 1.82) is 0 Å². The Hall–Kier alpha value is -2.25. The van der Waals surface area contributed by atoms with Gasteiger partial charge < -0.3 is 0 Å². The molecule has 2 unspecified atom stereocenters. The van der Waals surface area contributed by atoms with Gasteiger partial charge in [-0.1, -0.05) is 41.9 Å². The first-order chi connectivity index (χ1) is 14.4.